The van der Waals surface area contributed by atoms with Crippen LogP contribution in [0.25, 0.3) is 0 Å². The van der Waals surface area contributed by atoms with E-state index in [1.165, 1.54) is 0 Å². The van der Waals surface area contributed by atoms with Gasteiger partial charge >= 0.3 is 0 Å². The van der Waals surface area contributed by atoms with E-state index in [4.69, 9.17) is 0 Å². The molecular formula is C6H13NO. The van der Waals surface area contributed by atoms with E-state index in [1.54, 1.807) is 6.08 Å². The zero-order chi connectivity index (χ0) is 6.41. The predicted molar refractivity (Wildman–Crippen MR) is 35.6 cm³/mol. The van der Waals surface area contributed by atoms with Crippen molar-refractivity contribution >= 4 is 5.91 Å². The Morgan fingerprint density at radius 1 is 2.00 bits per heavy atom. The van der Waals surface area contributed by atoms with Gasteiger partial charge < -0.3 is 5.32 Å². The van der Waals surface area contributed by atoms with Crippen molar-refractivity contribution in [3.63, 3.8) is 0 Å². The Kier molecular flexibility index (Phi) is 3.94. The summed E-state index contributed by atoms with van der Waals surface area (Å²) in [6, 6.07) is 0. The lowest BCUT2D eigenvalue weighted by Crippen LogP contribution is -2.21. The highest BCUT2D eigenvalue weighted by molar-refractivity contribution is 5.75. The molecular weight excluding hydrogens is 102 g/mol. The maximum Gasteiger partial charge on any atom is 0.219 e. The molecule has 0 aromatic rings. The second-order valence-corrected chi connectivity index (χ2v) is 1.45. The van der Waals surface area contributed by atoms with Crippen LogP contribution in [-0.4, -0.2) is 12.5 Å². The van der Waals surface area contributed by atoms with Crippen molar-refractivity contribution in [2.75, 3.05) is 6.54 Å². The highest BCUT2D eigenvalue weighted by Gasteiger charge is 1.89. The monoisotopic (exact) mass is 115 g/mol. The van der Waals surface area contributed by atoms with Crippen LogP contribution in [0.2, 0.25) is 0 Å². The first-order valence-corrected chi connectivity index (χ1v) is 2.68. The predicted octanol–water partition coefficient (Wildman–Crippen LogP) is 0.945. The topological polar surface area (TPSA) is 29.1 Å². The molecule has 0 aromatic heterocycles. The molecule has 0 heterocycles. The molecule has 1 N–H and O–H groups in total. The summed E-state index contributed by atoms with van der Waals surface area (Å²) >= 11 is 0. The van der Waals surface area contributed by atoms with E-state index in [-0.39, 0.29) is 7.33 Å². The molecule has 8 heavy (non-hydrogen) atoms. The average molecular weight is 115 g/mol. The van der Waals surface area contributed by atoms with E-state index < -0.39 is 0 Å². The molecule has 0 saturated heterocycles. The van der Waals surface area contributed by atoms with Gasteiger partial charge in [0.1, 0.15) is 0 Å². The summed E-state index contributed by atoms with van der Waals surface area (Å²) in [5, 5.41) is 2.62. The molecule has 0 spiro atoms. The Bertz CT molecular complexity index is 93.1. The standard InChI is InChI=1S/C6H11NO.H2/c1-3-5-7-6(8)4-2;/h3H,1,4-5H2,2H3,(H,7,8);1H. The molecule has 0 aromatic carbocycles. The van der Waals surface area contributed by atoms with Crippen LogP contribution in [0.4, 0.5) is 0 Å². The summed E-state index contributed by atoms with van der Waals surface area (Å²) < 4.78 is 0. The van der Waals surface area contributed by atoms with Crippen LogP contribution in [0.5, 0.6) is 0 Å². The van der Waals surface area contributed by atoms with Crippen molar-refractivity contribution in [2.24, 2.45) is 0 Å². The van der Waals surface area contributed by atoms with E-state index in [2.05, 4.69) is 11.9 Å². The summed E-state index contributed by atoms with van der Waals surface area (Å²) in [5.41, 5.74) is 0. The quantitative estimate of drug-likeness (QED) is 0.545. The van der Waals surface area contributed by atoms with Gasteiger partial charge in [-0.25, -0.2) is 0 Å². The maximum absolute atomic E-state index is 10.4. The van der Waals surface area contributed by atoms with Crippen LogP contribution in [0.1, 0.15) is 14.8 Å². The maximum atomic E-state index is 10.4. The van der Waals surface area contributed by atoms with Crippen molar-refractivity contribution in [2.45, 2.75) is 13.3 Å². The van der Waals surface area contributed by atoms with Crippen molar-refractivity contribution in [1.29, 1.82) is 0 Å². The largest absolute Gasteiger partial charge is 0.353 e. The highest BCUT2D eigenvalue weighted by atomic mass is 16.1. The Labute approximate surface area is 51.1 Å². The number of hydrogen-bond acceptors (Lipinski definition) is 1. The fourth-order valence-corrected chi connectivity index (χ4v) is 0.311. The lowest BCUT2D eigenvalue weighted by Gasteiger charge is -1.94. The van der Waals surface area contributed by atoms with Gasteiger partial charge in [0.25, 0.3) is 0 Å². The zero-order valence-electron chi connectivity index (χ0n) is 5.11. The molecule has 0 fully saturated rings. The van der Waals surface area contributed by atoms with Gasteiger partial charge in [-0.2, -0.15) is 0 Å². The van der Waals surface area contributed by atoms with Gasteiger partial charge in [0.15, 0.2) is 0 Å². The summed E-state index contributed by atoms with van der Waals surface area (Å²) in [5.74, 6) is 0.0740. The molecule has 0 aliphatic heterocycles. The van der Waals surface area contributed by atoms with E-state index >= 15 is 0 Å². The van der Waals surface area contributed by atoms with E-state index in [9.17, 15) is 4.79 Å². The van der Waals surface area contributed by atoms with Crippen molar-refractivity contribution in [1.82, 2.24) is 5.32 Å². The molecule has 0 unspecified atom stereocenters. The van der Waals surface area contributed by atoms with Gasteiger partial charge in [-0.3, -0.25) is 4.79 Å². The van der Waals surface area contributed by atoms with Gasteiger partial charge in [0, 0.05) is 14.4 Å². The molecule has 48 valence electrons. The van der Waals surface area contributed by atoms with Gasteiger partial charge in [-0.05, 0) is 0 Å². The van der Waals surface area contributed by atoms with E-state index in [1.807, 2.05) is 6.92 Å². The molecule has 0 radical (unpaired) electrons. The summed E-state index contributed by atoms with van der Waals surface area (Å²) in [7, 11) is 0. The molecule has 0 rings (SSSR count). The Morgan fingerprint density at radius 3 is 3.00 bits per heavy atom. The normalized spacial score (nSPS) is 8.12. The number of amides is 1. The first-order valence-electron chi connectivity index (χ1n) is 2.68. The van der Waals surface area contributed by atoms with Gasteiger partial charge in [-0.1, -0.05) is 13.0 Å². The lowest BCUT2D eigenvalue weighted by atomic mass is 10.4. The first-order chi connectivity index (χ1) is 3.81. The van der Waals surface area contributed by atoms with Gasteiger partial charge in [0.2, 0.25) is 5.91 Å². The summed E-state index contributed by atoms with van der Waals surface area (Å²) in [4.78, 5) is 10.4. The van der Waals surface area contributed by atoms with E-state index in [0.717, 1.165) is 0 Å². The van der Waals surface area contributed by atoms with Crippen molar-refractivity contribution in [3.05, 3.63) is 12.7 Å². The van der Waals surface area contributed by atoms with E-state index in [0.29, 0.717) is 13.0 Å². The second-order valence-electron chi connectivity index (χ2n) is 1.45. The molecule has 0 aliphatic rings. The molecule has 2 heteroatoms. The third kappa shape index (κ3) is 3.40. The van der Waals surface area contributed by atoms with Crippen LogP contribution in [0.15, 0.2) is 12.7 Å². The molecule has 0 aliphatic carbocycles. The molecule has 0 atom stereocenters. The number of rotatable bonds is 3. The lowest BCUT2D eigenvalue weighted by molar-refractivity contribution is -0.120. The number of carbonyl (C=O) groups is 1. The summed E-state index contributed by atoms with van der Waals surface area (Å²) in [6.07, 6.45) is 2.21. The van der Waals surface area contributed by atoms with Crippen LogP contribution < -0.4 is 5.32 Å². The number of nitrogens with one attached hydrogen (secondary N) is 1. The SMILES string of the molecule is C=CCNC(=O)CC.[HH]. The molecule has 0 saturated carbocycles. The van der Waals surface area contributed by atoms with Crippen molar-refractivity contribution in [3.8, 4) is 0 Å². The number of hydrogen-bond donors (Lipinski definition) is 1. The Morgan fingerprint density at radius 2 is 2.62 bits per heavy atom. The molecule has 1 amide bonds. The third-order valence-corrected chi connectivity index (χ3v) is 0.765. The smallest absolute Gasteiger partial charge is 0.219 e. The summed E-state index contributed by atoms with van der Waals surface area (Å²) in [6.45, 7) is 5.85. The minimum atomic E-state index is 0. The Hall–Kier alpha value is -0.790. The number of carbonyl (C=O) groups excluding carboxylic acids is 1. The minimum Gasteiger partial charge on any atom is -0.353 e. The van der Waals surface area contributed by atoms with Gasteiger partial charge in [-0.15, -0.1) is 6.58 Å². The van der Waals surface area contributed by atoms with Crippen LogP contribution in [-0.2, 0) is 4.79 Å². The van der Waals surface area contributed by atoms with Gasteiger partial charge in [0.05, 0.1) is 0 Å². The molecule has 0 bridgehead atoms. The Balaban J connectivity index is 0. The zero-order valence-corrected chi connectivity index (χ0v) is 5.11. The van der Waals surface area contributed by atoms with Crippen LogP contribution >= 0.6 is 0 Å². The average Bonchev–Trinajstić information content (AvgIpc) is 1.83. The van der Waals surface area contributed by atoms with Crippen molar-refractivity contribution < 1.29 is 6.22 Å². The fraction of sp³-hybridized carbons (Fsp3) is 0.500. The highest BCUT2D eigenvalue weighted by Crippen LogP contribution is 1.72. The minimum absolute atomic E-state index is 0. The van der Waals surface area contributed by atoms with Crippen LogP contribution in [0, 0.1) is 0 Å². The third-order valence-electron chi connectivity index (χ3n) is 0.765. The second kappa shape index (κ2) is 4.37. The van der Waals surface area contributed by atoms with Crippen LogP contribution in [0.3, 0.4) is 0 Å². The molecule has 2 nitrogen and oxygen atoms in total. The first kappa shape index (κ1) is 7.21. The fourth-order valence-electron chi connectivity index (χ4n) is 0.311.